The van der Waals surface area contributed by atoms with E-state index in [0.717, 1.165) is 13.1 Å². The second kappa shape index (κ2) is 4.36. The summed E-state index contributed by atoms with van der Waals surface area (Å²) in [5.74, 6) is 0. The van der Waals surface area contributed by atoms with E-state index < -0.39 is 15.5 Å². The minimum atomic E-state index is -3.92. The Labute approximate surface area is 78.9 Å². The molecule has 0 aromatic heterocycles. The van der Waals surface area contributed by atoms with Crippen LogP contribution >= 0.6 is 0 Å². The molecule has 2 N–H and O–H groups in total. The molecule has 6 heteroatoms. The van der Waals surface area contributed by atoms with Crippen LogP contribution in [-0.4, -0.2) is 49.4 Å². The third-order valence-electron chi connectivity index (χ3n) is 2.25. The average Bonchev–Trinajstić information content (AvgIpc) is 2.05. The van der Waals surface area contributed by atoms with Crippen LogP contribution in [0.3, 0.4) is 0 Å². The summed E-state index contributed by atoms with van der Waals surface area (Å²) in [6.07, 6.45) is 0.429. The van der Waals surface area contributed by atoms with Crippen LogP contribution in [0, 0.1) is 0 Å². The maximum Gasteiger partial charge on any atom is 0.281 e. The number of rotatable bonds is 3. The fourth-order valence-corrected chi connectivity index (χ4v) is 2.64. The van der Waals surface area contributed by atoms with Gasteiger partial charge in [0.2, 0.25) is 0 Å². The Kier molecular flexibility index (Phi) is 3.66. The van der Waals surface area contributed by atoms with Gasteiger partial charge in [0.25, 0.3) is 10.1 Å². The number of nitrogens with one attached hydrogen (secondary N) is 1. The lowest BCUT2D eigenvalue weighted by atomic mass is 10.3. The fourth-order valence-electron chi connectivity index (χ4n) is 1.63. The van der Waals surface area contributed by atoms with Gasteiger partial charge in [0, 0.05) is 26.2 Å². The highest BCUT2D eigenvalue weighted by Crippen LogP contribution is 2.10. The Morgan fingerprint density at radius 3 is 2.38 bits per heavy atom. The van der Waals surface area contributed by atoms with E-state index in [9.17, 15) is 8.42 Å². The standard InChI is InChI=1S/C7H16N2O3S/c1-2-7(13(10,11)12)9-5-3-8-4-6-9/h7-8H,2-6H2,1H3,(H,10,11,12). The topological polar surface area (TPSA) is 69.6 Å². The first-order valence-corrected chi connectivity index (χ1v) is 5.97. The van der Waals surface area contributed by atoms with E-state index >= 15 is 0 Å². The Morgan fingerprint density at radius 1 is 1.46 bits per heavy atom. The number of piperazine rings is 1. The second-order valence-corrected chi connectivity index (χ2v) is 4.74. The monoisotopic (exact) mass is 208 g/mol. The van der Waals surface area contributed by atoms with Crippen molar-refractivity contribution in [1.29, 1.82) is 0 Å². The molecule has 0 amide bonds. The molecule has 1 aliphatic rings. The molecule has 78 valence electrons. The third kappa shape index (κ3) is 2.91. The number of nitrogens with zero attached hydrogens (tertiary/aromatic N) is 1. The zero-order valence-electron chi connectivity index (χ0n) is 7.73. The summed E-state index contributed by atoms with van der Waals surface area (Å²) < 4.78 is 30.9. The molecule has 1 fully saturated rings. The molecule has 5 nitrogen and oxygen atoms in total. The summed E-state index contributed by atoms with van der Waals surface area (Å²) in [5, 5.41) is 2.40. The van der Waals surface area contributed by atoms with E-state index in [0.29, 0.717) is 19.5 Å². The van der Waals surface area contributed by atoms with Gasteiger partial charge in [-0.05, 0) is 6.42 Å². The molecule has 0 saturated carbocycles. The predicted molar refractivity (Wildman–Crippen MR) is 50.1 cm³/mol. The zero-order valence-corrected chi connectivity index (χ0v) is 8.55. The van der Waals surface area contributed by atoms with Gasteiger partial charge in [0.15, 0.2) is 0 Å². The van der Waals surface area contributed by atoms with Crippen molar-refractivity contribution in [3.05, 3.63) is 0 Å². The first-order chi connectivity index (χ1) is 6.05. The number of hydrogen-bond acceptors (Lipinski definition) is 4. The first-order valence-electron chi connectivity index (χ1n) is 4.46. The van der Waals surface area contributed by atoms with E-state index in [1.807, 2.05) is 0 Å². The summed E-state index contributed by atoms with van der Waals surface area (Å²) >= 11 is 0. The van der Waals surface area contributed by atoms with Crippen molar-refractivity contribution >= 4 is 10.1 Å². The second-order valence-electron chi connectivity index (χ2n) is 3.16. The van der Waals surface area contributed by atoms with Crippen LogP contribution in [-0.2, 0) is 10.1 Å². The summed E-state index contributed by atoms with van der Waals surface area (Å²) in [6.45, 7) is 4.69. The minimum Gasteiger partial charge on any atom is -0.314 e. The lowest BCUT2D eigenvalue weighted by Gasteiger charge is -2.32. The minimum absolute atomic E-state index is 0.429. The van der Waals surface area contributed by atoms with Crippen molar-refractivity contribution in [2.75, 3.05) is 26.2 Å². The van der Waals surface area contributed by atoms with Gasteiger partial charge in [-0.2, -0.15) is 8.42 Å². The van der Waals surface area contributed by atoms with Gasteiger partial charge in [-0.3, -0.25) is 9.45 Å². The fraction of sp³-hybridized carbons (Fsp3) is 1.00. The van der Waals surface area contributed by atoms with E-state index in [2.05, 4.69) is 5.32 Å². The van der Waals surface area contributed by atoms with E-state index in [1.165, 1.54) is 0 Å². The molecule has 1 saturated heterocycles. The molecule has 1 aliphatic heterocycles. The van der Waals surface area contributed by atoms with Crippen LogP contribution < -0.4 is 5.32 Å². The molecular weight excluding hydrogens is 192 g/mol. The Hall–Kier alpha value is -0.170. The van der Waals surface area contributed by atoms with Crippen molar-refractivity contribution in [3.8, 4) is 0 Å². The molecule has 0 aromatic rings. The smallest absolute Gasteiger partial charge is 0.281 e. The van der Waals surface area contributed by atoms with Crippen LogP contribution in [0.5, 0.6) is 0 Å². The highest BCUT2D eigenvalue weighted by molar-refractivity contribution is 7.86. The van der Waals surface area contributed by atoms with E-state index in [-0.39, 0.29) is 0 Å². The molecule has 0 bridgehead atoms. The molecule has 1 atom stereocenters. The lowest BCUT2D eigenvalue weighted by Crippen LogP contribution is -2.50. The molecule has 0 aliphatic carbocycles. The average molecular weight is 208 g/mol. The van der Waals surface area contributed by atoms with Crippen molar-refractivity contribution in [3.63, 3.8) is 0 Å². The van der Waals surface area contributed by atoms with E-state index in [4.69, 9.17) is 4.55 Å². The number of hydrogen-bond donors (Lipinski definition) is 2. The van der Waals surface area contributed by atoms with Gasteiger partial charge < -0.3 is 5.32 Å². The summed E-state index contributed by atoms with van der Waals surface area (Å²) in [5.41, 5.74) is 0. The molecule has 13 heavy (non-hydrogen) atoms. The van der Waals surface area contributed by atoms with Crippen molar-refractivity contribution in [1.82, 2.24) is 10.2 Å². The maximum atomic E-state index is 11.0. The van der Waals surface area contributed by atoms with Crippen LogP contribution in [0.15, 0.2) is 0 Å². The van der Waals surface area contributed by atoms with Gasteiger partial charge in [0.1, 0.15) is 5.37 Å². The van der Waals surface area contributed by atoms with Gasteiger partial charge in [0.05, 0.1) is 0 Å². The van der Waals surface area contributed by atoms with Crippen LogP contribution in [0.1, 0.15) is 13.3 Å². The molecule has 0 radical (unpaired) electrons. The van der Waals surface area contributed by atoms with Gasteiger partial charge in [-0.15, -0.1) is 0 Å². The maximum absolute atomic E-state index is 11.0. The van der Waals surface area contributed by atoms with Crippen LogP contribution in [0.2, 0.25) is 0 Å². The predicted octanol–water partition coefficient (Wildman–Crippen LogP) is -0.484. The van der Waals surface area contributed by atoms with Gasteiger partial charge >= 0.3 is 0 Å². The van der Waals surface area contributed by atoms with Crippen molar-refractivity contribution in [2.24, 2.45) is 0 Å². The SMILES string of the molecule is CCC(N1CCNCC1)S(=O)(=O)O. The third-order valence-corrected chi connectivity index (χ3v) is 3.57. The van der Waals surface area contributed by atoms with Crippen LogP contribution in [0.4, 0.5) is 0 Å². The molecule has 1 unspecified atom stereocenters. The Morgan fingerprint density at radius 2 is 2.00 bits per heavy atom. The lowest BCUT2D eigenvalue weighted by molar-refractivity contribution is 0.206. The molecule has 0 aromatic carbocycles. The summed E-state index contributed by atoms with van der Waals surface area (Å²) in [7, 11) is -3.92. The molecule has 1 rings (SSSR count). The normalized spacial score (nSPS) is 22.9. The van der Waals surface area contributed by atoms with Crippen molar-refractivity contribution in [2.45, 2.75) is 18.7 Å². The summed E-state index contributed by atoms with van der Waals surface area (Å²) in [6, 6.07) is 0. The summed E-state index contributed by atoms with van der Waals surface area (Å²) in [4.78, 5) is 1.80. The molecule has 0 spiro atoms. The van der Waals surface area contributed by atoms with Crippen LogP contribution in [0.25, 0.3) is 0 Å². The Bertz CT molecular complexity index is 246. The quantitative estimate of drug-likeness (QED) is 0.613. The van der Waals surface area contributed by atoms with Gasteiger partial charge in [-0.25, -0.2) is 0 Å². The van der Waals surface area contributed by atoms with E-state index in [1.54, 1.807) is 11.8 Å². The Balaban J connectivity index is 2.65. The first kappa shape index (κ1) is 10.9. The molecule has 1 heterocycles. The zero-order chi connectivity index (χ0) is 9.90. The highest BCUT2D eigenvalue weighted by atomic mass is 32.2. The van der Waals surface area contributed by atoms with Gasteiger partial charge in [-0.1, -0.05) is 6.92 Å². The highest BCUT2D eigenvalue weighted by Gasteiger charge is 2.28. The van der Waals surface area contributed by atoms with Crippen molar-refractivity contribution < 1.29 is 13.0 Å². The largest absolute Gasteiger partial charge is 0.314 e. The molecular formula is C7H16N2O3S.